The maximum atomic E-state index is 2.57. The molecule has 0 aliphatic carbocycles. The standard InChI is InChI=1S/C31H30N2/c1-23-19-24(2)21-28(20-23)31-32(3)29(26-15-9-5-10-16-26)30(27-17-11-6-12-18-27)33(31)22-25-13-7-4-8-14-25/h4-21,31H,22H2,1-3H3. The molecule has 5 rings (SSSR count). The summed E-state index contributed by atoms with van der Waals surface area (Å²) in [6, 6.07) is 39.3. The van der Waals surface area contributed by atoms with Crippen molar-refractivity contribution in [2.45, 2.75) is 26.6 Å². The van der Waals surface area contributed by atoms with E-state index in [0.717, 1.165) is 6.54 Å². The average Bonchev–Trinajstić information content (AvgIpc) is 3.11. The largest absolute Gasteiger partial charge is 0.348 e. The van der Waals surface area contributed by atoms with Crippen LogP contribution in [-0.2, 0) is 6.54 Å². The maximum Gasteiger partial charge on any atom is 0.128 e. The van der Waals surface area contributed by atoms with Crippen LogP contribution >= 0.6 is 0 Å². The van der Waals surface area contributed by atoms with Gasteiger partial charge in [-0.2, -0.15) is 0 Å². The van der Waals surface area contributed by atoms with Gasteiger partial charge in [0.25, 0.3) is 0 Å². The van der Waals surface area contributed by atoms with Crippen molar-refractivity contribution < 1.29 is 0 Å². The lowest BCUT2D eigenvalue weighted by Crippen LogP contribution is -2.30. The Kier molecular flexibility index (Phi) is 5.75. The van der Waals surface area contributed by atoms with Crippen LogP contribution in [0.3, 0.4) is 0 Å². The Morgan fingerprint density at radius 1 is 0.606 bits per heavy atom. The topological polar surface area (TPSA) is 6.48 Å². The van der Waals surface area contributed by atoms with Gasteiger partial charge in [-0.15, -0.1) is 0 Å². The van der Waals surface area contributed by atoms with Gasteiger partial charge in [-0.25, -0.2) is 0 Å². The van der Waals surface area contributed by atoms with Crippen LogP contribution in [0.15, 0.2) is 109 Å². The summed E-state index contributed by atoms with van der Waals surface area (Å²) in [5.74, 6) is 0. The maximum absolute atomic E-state index is 2.57. The second kappa shape index (κ2) is 8.99. The molecule has 4 aromatic rings. The summed E-state index contributed by atoms with van der Waals surface area (Å²) in [7, 11) is 2.23. The highest BCUT2D eigenvalue weighted by molar-refractivity contribution is 5.91. The molecule has 2 nitrogen and oxygen atoms in total. The second-order valence-corrected chi connectivity index (χ2v) is 8.95. The summed E-state index contributed by atoms with van der Waals surface area (Å²) >= 11 is 0. The summed E-state index contributed by atoms with van der Waals surface area (Å²) in [6.07, 6.45) is 0.106. The summed E-state index contributed by atoms with van der Waals surface area (Å²) < 4.78 is 0. The third-order valence-corrected chi connectivity index (χ3v) is 6.36. The molecule has 1 aliphatic heterocycles. The molecule has 0 spiro atoms. The van der Waals surface area contributed by atoms with E-state index in [2.05, 4.69) is 140 Å². The predicted octanol–water partition coefficient (Wildman–Crippen LogP) is 7.28. The Balaban J connectivity index is 1.74. The van der Waals surface area contributed by atoms with E-state index >= 15 is 0 Å². The summed E-state index contributed by atoms with van der Waals surface area (Å²) in [5.41, 5.74) is 10.3. The van der Waals surface area contributed by atoms with Gasteiger partial charge in [0.2, 0.25) is 0 Å². The highest BCUT2D eigenvalue weighted by Gasteiger charge is 2.38. The van der Waals surface area contributed by atoms with Crippen LogP contribution in [0.1, 0.15) is 39.5 Å². The van der Waals surface area contributed by atoms with Crippen molar-refractivity contribution in [3.8, 4) is 0 Å². The molecule has 1 aliphatic rings. The van der Waals surface area contributed by atoms with E-state index in [1.54, 1.807) is 0 Å². The molecule has 0 saturated heterocycles. The number of hydrogen-bond acceptors (Lipinski definition) is 2. The number of hydrogen-bond donors (Lipinski definition) is 0. The van der Waals surface area contributed by atoms with Gasteiger partial charge in [-0.05, 0) is 25.0 Å². The lowest BCUT2D eigenvalue weighted by atomic mass is 10.0. The van der Waals surface area contributed by atoms with Crippen molar-refractivity contribution in [1.29, 1.82) is 0 Å². The zero-order valence-electron chi connectivity index (χ0n) is 19.6. The zero-order chi connectivity index (χ0) is 22.8. The number of aryl methyl sites for hydroxylation is 2. The molecule has 164 valence electrons. The van der Waals surface area contributed by atoms with Crippen molar-refractivity contribution in [1.82, 2.24) is 9.80 Å². The monoisotopic (exact) mass is 430 g/mol. The van der Waals surface area contributed by atoms with E-state index in [1.165, 1.54) is 44.8 Å². The highest BCUT2D eigenvalue weighted by atomic mass is 15.4. The van der Waals surface area contributed by atoms with E-state index in [4.69, 9.17) is 0 Å². The molecule has 0 aromatic heterocycles. The number of benzene rings is 4. The molecule has 2 heteroatoms. The van der Waals surface area contributed by atoms with Gasteiger partial charge in [0.1, 0.15) is 6.17 Å². The molecule has 0 fully saturated rings. The molecule has 0 saturated carbocycles. The van der Waals surface area contributed by atoms with Crippen LogP contribution in [0.5, 0.6) is 0 Å². The first-order chi connectivity index (χ1) is 16.1. The molecule has 4 aromatic carbocycles. The van der Waals surface area contributed by atoms with Crippen LogP contribution < -0.4 is 0 Å². The molecule has 0 bridgehead atoms. The van der Waals surface area contributed by atoms with E-state index in [-0.39, 0.29) is 6.17 Å². The minimum absolute atomic E-state index is 0.106. The quantitative estimate of drug-likeness (QED) is 0.328. The van der Waals surface area contributed by atoms with Crippen LogP contribution in [0.4, 0.5) is 0 Å². The number of rotatable bonds is 5. The molecule has 1 heterocycles. The first-order valence-electron chi connectivity index (χ1n) is 11.6. The first-order valence-corrected chi connectivity index (χ1v) is 11.6. The molecular weight excluding hydrogens is 400 g/mol. The lowest BCUT2D eigenvalue weighted by Gasteiger charge is -2.34. The van der Waals surface area contributed by atoms with E-state index in [9.17, 15) is 0 Å². The first kappa shape index (κ1) is 21.1. The molecule has 0 radical (unpaired) electrons. The third-order valence-electron chi connectivity index (χ3n) is 6.36. The van der Waals surface area contributed by atoms with Crippen LogP contribution in [0, 0.1) is 13.8 Å². The Hall–Kier alpha value is -3.78. The van der Waals surface area contributed by atoms with Crippen molar-refractivity contribution in [3.63, 3.8) is 0 Å². The average molecular weight is 431 g/mol. The van der Waals surface area contributed by atoms with Gasteiger partial charge >= 0.3 is 0 Å². The smallest absolute Gasteiger partial charge is 0.128 e. The molecule has 0 N–H and O–H groups in total. The van der Waals surface area contributed by atoms with Crippen molar-refractivity contribution in [2.24, 2.45) is 0 Å². The fourth-order valence-corrected chi connectivity index (χ4v) is 5.10. The summed E-state index contributed by atoms with van der Waals surface area (Å²) in [5, 5.41) is 0. The van der Waals surface area contributed by atoms with Gasteiger partial charge < -0.3 is 9.80 Å². The van der Waals surface area contributed by atoms with Gasteiger partial charge in [-0.1, -0.05) is 120 Å². The van der Waals surface area contributed by atoms with Crippen molar-refractivity contribution in [2.75, 3.05) is 7.05 Å². The Morgan fingerprint density at radius 3 is 1.64 bits per heavy atom. The van der Waals surface area contributed by atoms with Crippen molar-refractivity contribution in [3.05, 3.63) is 143 Å². The molecule has 1 unspecified atom stereocenters. The SMILES string of the molecule is Cc1cc(C)cc(C2N(C)C(c3ccccc3)=C(c3ccccc3)N2Cc2ccccc2)c1. The third kappa shape index (κ3) is 4.17. The van der Waals surface area contributed by atoms with Gasteiger partial charge in [0.15, 0.2) is 0 Å². The predicted molar refractivity (Wildman–Crippen MR) is 138 cm³/mol. The molecule has 1 atom stereocenters. The Labute approximate surface area is 197 Å². The second-order valence-electron chi connectivity index (χ2n) is 8.95. The van der Waals surface area contributed by atoms with Gasteiger partial charge in [0, 0.05) is 24.7 Å². The fourth-order valence-electron chi connectivity index (χ4n) is 5.10. The van der Waals surface area contributed by atoms with Crippen LogP contribution in [0.2, 0.25) is 0 Å². The molecular formula is C31H30N2. The summed E-state index contributed by atoms with van der Waals surface area (Å²) in [6.45, 7) is 5.22. The molecule has 0 amide bonds. The van der Waals surface area contributed by atoms with Crippen LogP contribution in [0.25, 0.3) is 11.4 Å². The van der Waals surface area contributed by atoms with Gasteiger partial charge in [-0.3, -0.25) is 0 Å². The Morgan fingerprint density at radius 2 is 1.09 bits per heavy atom. The van der Waals surface area contributed by atoms with Gasteiger partial charge in [0.05, 0.1) is 11.4 Å². The Bertz CT molecular complexity index is 1240. The lowest BCUT2D eigenvalue weighted by molar-refractivity contribution is 0.186. The fraction of sp³-hybridized carbons (Fsp3) is 0.161. The number of nitrogens with zero attached hydrogens (tertiary/aromatic N) is 2. The van der Waals surface area contributed by atoms with E-state index in [0.29, 0.717) is 0 Å². The van der Waals surface area contributed by atoms with Crippen molar-refractivity contribution >= 4 is 11.4 Å². The summed E-state index contributed by atoms with van der Waals surface area (Å²) in [4.78, 5) is 5.02. The minimum atomic E-state index is 0.106. The van der Waals surface area contributed by atoms with E-state index < -0.39 is 0 Å². The molecule has 33 heavy (non-hydrogen) atoms. The normalized spacial score (nSPS) is 15.9. The van der Waals surface area contributed by atoms with Crippen LogP contribution in [-0.4, -0.2) is 16.8 Å². The van der Waals surface area contributed by atoms with E-state index in [1.807, 2.05) is 0 Å². The zero-order valence-corrected chi connectivity index (χ0v) is 19.6. The minimum Gasteiger partial charge on any atom is -0.348 e. The highest BCUT2D eigenvalue weighted by Crippen LogP contribution is 2.47.